The van der Waals surface area contributed by atoms with Crippen molar-refractivity contribution in [3.63, 3.8) is 0 Å². The molecular formula is C15H16N2O4S2. The van der Waals surface area contributed by atoms with Crippen molar-refractivity contribution in [2.45, 2.75) is 13.3 Å². The Balaban J connectivity index is 1.99. The van der Waals surface area contributed by atoms with E-state index in [1.54, 1.807) is 24.4 Å². The number of anilines is 1. The van der Waals surface area contributed by atoms with Gasteiger partial charge in [0, 0.05) is 5.38 Å². The molecule has 0 atom stereocenters. The quantitative estimate of drug-likeness (QED) is 0.774. The maximum atomic E-state index is 12.0. The van der Waals surface area contributed by atoms with Crippen molar-refractivity contribution in [2.24, 2.45) is 0 Å². The molecule has 8 heteroatoms. The van der Waals surface area contributed by atoms with Gasteiger partial charge in [-0.05, 0) is 18.6 Å². The molecule has 1 heterocycles. The Kier molecular flexibility index (Phi) is 5.89. The first kappa shape index (κ1) is 17.2. The lowest BCUT2D eigenvalue weighted by atomic mass is 10.2. The topological polar surface area (TPSA) is 85.4 Å². The van der Waals surface area contributed by atoms with Gasteiger partial charge in [-0.1, -0.05) is 30.3 Å². The maximum Gasteiger partial charge on any atom is 0.311 e. The van der Waals surface area contributed by atoms with E-state index < -0.39 is 16.0 Å². The number of hydrogen-bond donors (Lipinski definition) is 1. The summed E-state index contributed by atoms with van der Waals surface area (Å²) in [6.07, 6.45) is 1.52. The lowest BCUT2D eigenvalue weighted by Gasteiger charge is -2.00. The standard InChI is InChI=1S/C15H16N2O4S2/c1-2-21-14(18)10-13-11-22-15(16-13)17-23(19,20)9-8-12-6-4-3-5-7-12/h3-9,11H,2,10H2,1H3,(H,16,17). The molecule has 122 valence electrons. The van der Waals surface area contributed by atoms with Crippen LogP contribution in [0.4, 0.5) is 5.13 Å². The van der Waals surface area contributed by atoms with Crippen molar-refractivity contribution in [1.29, 1.82) is 0 Å². The highest BCUT2D eigenvalue weighted by atomic mass is 32.2. The third-order valence-corrected chi connectivity index (χ3v) is 4.56. The van der Waals surface area contributed by atoms with Crippen molar-refractivity contribution in [2.75, 3.05) is 11.3 Å². The normalized spacial score (nSPS) is 11.5. The van der Waals surface area contributed by atoms with Gasteiger partial charge in [-0.25, -0.2) is 13.4 Å². The van der Waals surface area contributed by atoms with Crippen LogP contribution in [0.1, 0.15) is 18.2 Å². The number of rotatable bonds is 7. The van der Waals surface area contributed by atoms with Crippen LogP contribution >= 0.6 is 11.3 Å². The van der Waals surface area contributed by atoms with Crippen molar-refractivity contribution in [1.82, 2.24) is 4.98 Å². The average molecular weight is 352 g/mol. The van der Waals surface area contributed by atoms with Crippen LogP contribution in [0.25, 0.3) is 6.08 Å². The molecule has 6 nitrogen and oxygen atoms in total. The number of benzene rings is 1. The molecule has 0 fully saturated rings. The molecule has 0 aliphatic rings. The van der Waals surface area contributed by atoms with Crippen LogP contribution in [0.5, 0.6) is 0 Å². The Labute approximate surface area is 138 Å². The molecule has 1 aromatic carbocycles. The van der Waals surface area contributed by atoms with E-state index in [0.29, 0.717) is 12.3 Å². The zero-order valence-electron chi connectivity index (χ0n) is 12.4. The second kappa shape index (κ2) is 7.89. The van der Waals surface area contributed by atoms with E-state index in [0.717, 1.165) is 22.3 Å². The van der Waals surface area contributed by atoms with Gasteiger partial charge >= 0.3 is 5.97 Å². The minimum atomic E-state index is -3.66. The van der Waals surface area contributed by atoms with Gasteiger partial charge in [0.05, 0.1) is 24.1 Å². The fourth-order valence-corrected chi connectivity index (χ4v) is 3.47. The van der Waals surface area contributed by atoms with Crippen LogP contribution in [0.3, 0.4) is 0 Å². The van der Waals surface area contributed by atoms with Crippen LogP contribution in [0.2, 0.25) is 0 Å². The minimum absolute atomic E-state index is 0.0198. The highest BCUT2D eigenvalue weighted by molar-refractivity contribution is 7.95. The molecule has 0 unspecified atom stereocenters. The summed E-state index contributed by atoms with van der Waals surface area (Å²) in [7, 11) is -3.66. The Morgan fingerprint density at radius 2 is 2.09 bits per heavy atom. The molecule has 23 heavy (non-hydrogen) atoms. The van der Waals surface area contributed by atoms with Crippen LogP contribution in [0, 0.1) is 0 Å². The third-order valence-electron chi connectivity index (χ3n) is 2.65. The number of carbonyl (C=O) groups is 1. The van der Waals surface area contributed by atoms with Crippen LogP contribution in [-0.4, -0.2) is 26.0 Å². The van der Waals surface area contributed by atoms with Gasteiger partial charge in [-0.3, -0.25) is 9.52 Å². The maximum absolute atomic E-state index is 12.0. The van der Waals surface area contributed by atoms with Crippen LogP contribution in [-0.2, 0) is 26.0 Å². The van der Waals surface area contributed by atoms with Gasteiger partial charge < -0.3 is 4.74 Å². The predicted octanol–water partition coefficient (Wildman–Crippen LogP) is 2.66. The largest absolute Gasteiger partial charge is 0.466 e. The summed E-state index contributed by atoms with van der Waals surface area (Å²) in [6, 6.07) is 9.09. The van der Waals surface area contributed by atoms with Crippen molar-refractivity contribution in [3.05, 3.63) is 52.4 Å². The van der Waals surface area contributed by atoms with Crippen molar-refractivity contribution < 1.29 is 17.9 Å². The molecule has 1 aromatic heterocycles. The first-order valence-corrected chi connectivity index (χ1v) is 9.27. The molecule has 0 amide bonds. The summed E-state index contributed by atoms with van der Waals surface area (Å²) in [6.45, 7) is 2.02. The smallest absolute Gasteiger partial charge is 0.311 e. The zero-order valence-corrected chi connectivity index (χ0v) is 14.1. The summed E-state index contributed by atoms with van der Waals surface area (Å²) < 4.78 is 31.1. The first-order chi connectivity index (χ1) is 11.0. The lowest BCUT2D eigenvalue weighted by molar-refractivity contribution is -0.142. The van der Waals surface area contributed by atoms with Crippen molar-refractivity contribution >= 4 is 38.5 Å². The number of thiazole rings is 1. The Morgan fingerprint density at radius 3 is 2.78 bits per heavy atom. The van der Waals surface area contributed by atoms with Crippen LogP contribution in [0.15, 0.2) is 41.1 Å². The lowest BCUT2D eigenvalue weighted by Crippen LogP contribution is -2.10. The van der Waals surface area contributed by atoms with E-state index in [4.69, 9.17) is 4.74 Å². The average Bonchev–Trinajstić information content (AvgIpc) is 2.93. The van der Waals surface area contributed by atoms with E-state index in [2.05, 4.69) is 9.71 Å². The molecule has 2 aromatic rings. The molecule has 0 spiro atoms. The van der Waals surface area contributed by atoms with Gasteiger partial charge in [0.2, 0.25) is 0 Å². The minimum Gasteiger partial charge on any atom is -0.466 e. The van der Waals surface area contributed by atoms with E-state index in [1.165, 1.54) is 6.08 Å². The summed E-state index contributed by atoms with van der Waals surface area (Å²) in [5.74, 6) is -0.392. The summed E-state index contributed by atoms with van der Waals surface area (Å²) >= 11 is 1.12. The second-order valence-electron chi connectivity index (χ2n) is 4.49. The van der Waals surface area contributed by atoms with E-state index >= 15 is 0 Å². The highest BCUT2D eigenvalue weighted by Crippen LogP contribution is 2.18. The molecule has 0 bridgehead atoms. The van der Waals surface area contributed by atoms with Gasteiger partial charge in [0.25, 0.3) is 10.0 Å². The molecule has 0 saturated carbocycles. The molecule has 2 rings (SSSR count). The monoisotopic (exact) mass is 352 g/mol. The number of esters is 1. The number of nitrogens with zero attached hydrogens (tertiary/aromatic N) is 1. The van der Waals surface area contributed by atoms with E-state index in [-0.39, 0.29) is 11.6 Å². The van der Waals surface area contributed by atoms with Crippen LogP contribution < -0.4 is 4.72 Å². The number of carbonyl (C=O) groups excluding carboxylic acids is 1. The Bertz CT molecular complexity index is 783. The summed E-state index contributed by atoms with van der Waals surface area (Å²) in [5, 5.41) is 2.91. The number of nitrogens with one attached hydrogen (secondary N) is 1. The summed E-state index contributed by atoms with van der Waals surface area (Å²) in [5.41, 5.74) is 1.25. The molecule has 0 radical (unpaired) electrons. The van der Waals surface area contributed by atoms with E-state index in [1.807, 2.05) is 18.2 Å². The zero-order chi connectivity index (χ0) is 16.7. The molecule has 0 saturated heterocycles. The van der Waals surface area contributed by atoms with E-state index in [9.17, 15) is 13.2 Å². The molecular weight excluding hydrogens is 336 g/mol. The molecule has 1 N–H and O–H groups in total. The third kappa shape index (κ3) is 5.84. The Hall–Kier alpha value is -2.19. The van der Waals surface area contributed by atoms with Gasteiger partial charge in [0.1, 0.15) is 0 Å². The molecule has 0 aliphatic heterocycles. The fraction of sp³-hybridized carbons (Fsp3) is 0.200. The summed E-state index contributed by atoms with van der Waals surface area (Å²) in [4.78, 5) is 15.4. The Morgan fingerprint density at radius 1 is 1.35 bits per heavy atom. The highest BCUT2D eigenvalue weighted by Gasteiger charge is 2.12. The van der Waals surface area contributed by atoms with Crippen molar-refractivity contribution in [3.8, 4) is 0 Å². The predicted molar refractivity (Wildman–Crippen MR) is 90.5 cm³/mol. The number of ether oxygens (including phenoxy) is 1. The number of sulfonamides is 1. The number of aromatic nitrogens is 1. The molecule has 0 aliphatic carbocycles. The first-order valence-electron chi connectivity index (χ1n) is 6.84. The second-order valence-corrected chi connectivity index (χ2v) is 6.91. The van der Waals surface area contributed by atoms with Gasteiger partial charge in [-0.2, -0.15) is 0 Å². The fourth-order valence-electron chi connectivity index (χ4n) is 1.68. The SMILES string of the molecule is CCOC(=O)Cc1csc(NS(=O)(=O)C=Cc2ccccc2)n1. The van der Waals surface area contributed by atoms with Gasteiger partial charge in [0.15, 0.2) is 5.13 Å². The number of hydrogen-bond acceptors (Lipinski definition) is 6. The van der Waals surface area contributed by atoms with Gasteiger partial charge in [-0.15, -0.1) is 11.3 Å².